The zero-order chi connectivity index (χ0) is 0. The van der Waals surface area contributed by atoms with Crippen molar-refractivity contribution in [2.45, 2.75) is 0 Å². The molecule has 0 rings (SSSR count). The molecule has 0 aromatic heterocycles. The standard InChI is InChI=1S/Al.Cr.Mo.Nb.Sn.5H. The fourth-order valence-corrected chi connectivity index (χ4v) is 0. The van der Waals surface area contributed by atoms with Gasteiger partial charge in [0.1, 0.15) is 0 Å². The minimum atomic E-state index is 0. The maximum atomic E-state index is 0. The molecule has 0 heterocycles. The van der Waals surface area contributed by atoms with E-state index in [1.165, 1.54) is 0 Å². The zero-order valence-corrected chi connectivity index (χ0v) is 11.5. The second-order valence-corrected chi connectivity index (χ2v) is 0. The van der Waals surface area contributed by atoms with Crippen LogP contribution in [0.2, 0.25) is 0 Å². The fraction of sp³-hybridized carbons (Fsp3) is 0. The Morgan fingerprint density at radius 3 is 1.00 bits per heavy atom. The topological polar surface area (TPSA) is 0 Å². The van der Waals surface area contributed by atoms with Gasteiger partial charge < -0.3 is 0 Å². The first-order chi connectivity index (χ1) is 0. The van der Waals surface area contributed by atoms with Crippen molar-refractivity contribution >= 4 is 41.3 Å². The Morgan fingerprint density at radius 2 is 1.00 bits per heavy atom. The van der Waals surface area contributed by atoms with Crippen molar-refractivity contribution in [3.05, 3.63) is 0 Å². The molecule has 0 nitrogen and oxygen atoms in total. The molecule has 0 saturated heterocycles. The van der Waals surface area contributed by atoms with Crippen LogP contribution in [-0.4, -0.2) is 41.3 Å². The molecule has 0 atom stereocenters. The maximum absolute atomic E-state index is 0. The van der Waals surface area contributed by atoms with Crippen LogP contribution in [0.3, 0.4) is 0 Å². The van der Waals surface area contributed by atoms with Gasteiger partial charge in [0.05, 0.1) is 0 Å². The van der Waals surface area contributed by atoms with Crippen molar-refractivity contribution in [1.82, 2.24) is 0 Å². The van der Waals surface area contributed by atoms with E-state index >= 15 is 0 Å². The third kappa shape index (κ3) is 18.8. The molecule has 0 saturated carbocycles. The van der Waals surface area contributed by atoms with E-state index < -0.39 is 0 Å². The summed E-state index contributed by atoms with van der Waals surface area (Å²) in [5, 5.41) is 0. The zero-order valence-electron chi connectivity index (χ0n) is 1.97. The van der Waals surface area contributed by atoms with E-state index in [1.807, 2.05) is 0 Å². The summed E-state index contributed by atoms with van der Waals surface area (Å²) in [6.07, 6.45) is 0. The van der Waals surface area contributed by atoms with Crippen molar-refractivity contribution in [1.29, 1.82) is 0 Å². The first kappa shape index (κ1) is 40.7. The van der Waals surface area contributed by atoms with E-state index in [9.17, 15) is 0 Å². The quantitative estimate of drug-likeness (QED) is 0.415. The van der Waals surface area contributed by atoms with Gasteiger partial charge >= 0.3 is 23.9 Å². The summed E-state index contributed by atoms with van der Waals surface area (Å²) in [4.78, 5) is 0. The summed E-state index contributed by atoms with van der Waals surface area (Å²) in [7, 11) is 0. The van der Waals surface area contributed by atoms with E-state index in [0.717, 1.165) is 0 Å². The second kappa shape index (κ2) is 26.6. The van der Waals surface area contributed by atoms with Gasteiger partial charge in [-0.05, 0) is 0 Å². The summed E-state index contributed by atoms with van der Waals surface area (Å²) >= 11 is 0. The van der Waals surface area contributed by atoms with Crippen LogP contribution in [0.5, 0.6) is 0 Å². The molecule has 0 aromatic rings. The first-order valence-corrected chi connectivity index (χ1v) is 0. The fourth-order valence-electron chi connectivity index (χ4n) is 0. The van der Waals surface area contributed by atoms with E-state index in [0.29, 0.717) is 0 Å². The van der Waals surface area contributed by atoms with Gasteiger partial charge in [-0.3, -0.25) is 0 Å². The van der Waals surface area contributed by atoms with Crippen LogP contribution in [0.25, 0.3) is 0 Å². The SMILES string of the molecule is [AlH3].[Cr].[Mo].[Nb].[SnH2]. The Morgan fingerprint density at radius 1 is 1.00 bits per heavy atom. The molecule has 3 radical (unpaired) electrons. The van der Waals surface area contributed by atoms with Crippen LogP contribution in [-0.2, 0) is 60.8 Å². The number of hydrogen-bond donors (Lipinski definition) is 0. The second-order valence-electron chi connectivity index (χ2n) is 0. The van der Waals surface area contributed by atoms with Crippen LogP contribution in [0.15, 0.2) is 0 Å². The summed E-state index contributed by atoms with van der Waals surface area (Å²) in [5.74, 6) is 0. The van der Waals surface area contributed by atoms with Gasteiger partial charge in [0.25, 0.3) is 0 Å². The first-order valence-electron chi connectivity index (χ1n) is 0. The molecule has 5 heteroatoms. The molecule has 0 aliphatic heterocycles. The monoisotopic (exact) mass is 395 g/mol. The van der Waals surface area contributed by atoms with Crippen molar-refractivity contribution in [3.63, 3.8) is 0 Å². The predicted molar refractivity (Wildman–Crippen MR) is 18.5 cm³/mol. The number of rotatable bonds is 0. The van der Waals surface area contributed by atoms with Gasteiger partial charge in [-0.15, -0.1) is 0 Å². The third-order valence-corrected chi connectivity index (χ3v) is 0. The normalized spacial score (nSPS) is 0. The molecular weight excluding hydrogens is 387 g/mol. The van der Waals surface area contributed by atoms with Crippen LogP contribution in [0, 0.1) is 0 Å². The Kier molecular flexibility index (Phi) is 217. The van der Waals surface area contributed by atoms with Crippen LogP contribution in [0.1, 0.15) is 0 Å². The molecule has 29 valence electrons. The molecule has 0 N–H and O–H groups in total. The Labute approximate surface area is 100 Å². The van der Waals surface area contributed by atoms with Gasteiger partial charge in [-0.1, -0.05) is 0 Å². The Balaban J connectivity index is 0. The molecule has 0 unspecified atom stereocenters. The molecule has 0 fully saturated rings. The molecule has 0 aliphatic carbocycles. The molecule has 5 heavy (non-hydrogen) atoms. The Hall–Kier alpha value is 3.29. The van der Waals surface area contributed by atoms with Crippen LogP contribution in [0.4, 0.5) is 0 Å². The van der Waals surface area contributed by atoms with Crippen molar-refractivity contribution in [3.8, 4) is 0 Å². The molecule has 0 spiro atoms. The van der Waals surface area contributed by atoms with E-state index in [2.05, 4.69) is 0 Å². The summed E-state index contributed by atoms with van der Waals surface area (Å²) < 4.78 is 0. The predicted octanol–water partition coefficient (Wildman–Crippen LogP) is -2.11. The molecule has 0 aromatic carbocycles. The minimum absolute atomic E-state index is 0. The molecule has 0 aliphatic rings. The van der Waals surface area contributed by atoms with E-state index in [-0.39, 0.29) is 102 Å². The molecule has 0 amide bonds. The summed E-state index contributed by atoms with van der Waals surface area (Å²) in [6.45, 7) is 0. The van der Waals surface area contributed by atoms with Crippen molar-refractivity contribution in [2.24, 2.45) is 0 Å². The average molecular weight is 392 g/mol. The molecule has 0 bridgehead atoms. The summed E-state index contributed by atoms with van der Waals surface area (Å²) in [5.41, 5.74) is 0. The molecular formula is H5AlCrMoNbSn. The summed E-state index contributed by atoms with van der Waals surface area (Å²) in [6, 6.07) is 0. The average Bonchev–Trinajstić information content (AvgIpc) is 0. The van der Waals surface area contributed by atoms with E-state index in [4.69, 9.17) is 0 Å². The van der Waals surface area contributed by atoms with Crippen molar-refractivity contribution in [2.75, 3.05) is 0 Å². The van der Waals surface area contributed by atoms with Gasteiger partial charge in [-0.2, -0.15) is 0 Å². The van der Waals surface area contributed by atoms with E-state index in [1.54, 1.807) is 0 Å². The van der Waals surface area contributed by atoms with Gasteiger partial charge in [0, 0.05) is 60.8 Å². The van der Waals surface area contributed by atoms with Gasteiger partial charge in [-0.25, -0.2) is 0 Å². The van der Waals surface area contributed by atoms with Crippen LogP contribution < -0.4 is 0 Å². The van der Waals surface area contributed by atoms with Gasteiger partial charge in [0.15, 0.2) is 17.4 Å². The van der Waals surface area contributed by atoms with Crippen LogP contribution >= 0.6 is 0 Å². The Bertz CT molecular complexity index is 11.6. The van der Waals surface area contributed by atoms with Gasteiger partial charge in [0.2, 0.25) is 0 Å². The number of hydrogen-bond acceptors (Lipinski definition) is 0. The van der Waals surface area contributed by atoms with Crippen molar-refractivity contribution < 1.29 is 60.8 Å². The third-order valence-electron chi connectivity index (χ3n) is 0.